The van der Waals surface area contributed by atoms with Crippen molar-refractivity contribution in [2.45, 2.75) is 13.5 Å². The third-order valence-corrected chi connectivity index (χ3v) is 4.06. The summed E-state index contributed by atoms with van der Waals surface area (Å²) < 4.78 is 2.12. The molecule has 0 spiro atoms. The number of fused-ring (bicyclic) bond motifs is 3. The Morgan fingerprint density at radius 3 is 2.74 bits per heavy atom. The Morgan fingerprint density at radius 1 is 1.13 bits per heavy atom. The normalized spacial score (nSPS) is 12.6. The molecule has 0 saturated heterocycles. The zero-order valence-corrected chi connectivity index (χ0v) is 12.7. The van der Waals surface area contributed by atoms with Gasteiger partial charge in [0.15, 0.2) is 0 Å². The second kappa shape index (κ2) is 5.22. The smallest absolute Gasteiger partial charge is 0.135 e. The average Bonchev–Trinajstić information content (AvgIpc) is 2.88. The summed E-state index contributed by atoms with van der Waals surface area (Å²) >= 11 is 0. The summed E-state index contributed by atoms with van der Waals surface area (Å²) in [4.78, 5) is 9.27. The molecule has 110 valence electrons. The van der Waals surface area contributed by atoms with E-state index in [1.165, 1.54) is 0 Å². The van der Waals surface area contributed by atoms with Crippen molar-refractivity contribution in [1.82, 2.24) is 9.55 Å². The predicted molar refractivity (Wildman–Crippen MR) is 88.8 cm³/mol. The van der Waals surface area contributed by atoms with Crippen LogP contribution in [0.1, 0.15) is 28.2 Å². The molecule has 0 saturated carbocycles. The largest absolute Gasteiger partial charge is 0.299 e. The second-order valence-electron chi connectivity index (χ2n) is 5.53. The lowest BCUT2D eigenvalue weighted by Gasteiger charge is -2.13. The Morgan fingerprint density at radius 2 is 1.96 bits per heavy atom. The highest BCUT2D eigenvalue weighted by Gasteiger charge is 2.20. The number of benzene rings is 2. The summed E-state index contributed by atoms with van der Waals surface area (Å²) in [5, 5.41) is 9.27. The maximum Gasteiger partial charge on any atom is 0.135 e. The van der Waals surface area contributed by atoms with Gasteiger partial charge in [0.2, 0.25) is 0 Å². The lowest BCUT2D eigenvalue weighted by molar-refractivity contribution is 0.863. The van der Waals surface area contributed by atoms with Gasteiger partial charge in [-0.2, -0.15) is 5.26 Å². The maximum absolute atomic E-state index is 9.27. The maximum atomic E-state index is 9.27. The number of aryl methyl sites for hydroxylation is 1. The van der Waals surface area contributed by atoms with Crippen LogP contribution in [0.25, 0.3) is 5.69 Å². The first-order chi connectivity index (χ1) is 11.3. The van der Waals surface area contributed by atoms with Crippen molar-refractivity contribution < 1.29 is 0 Å². The molecule has 0 fully saturated rings. The third kappa shape index (κ3) is 2.14. The lowest BCUT2D eigenvalue weighted by Crippen LogP contribution is -2.08. The van der Waals surface area contributed by atoms with E-state index in [-0.39, 0.29) is 0 Å². The van der Waals surface area contributed by atoms with Crippen LogP contribution < -0.4 is 0 Å². The summed E-state index contributed by atoms with van der Waals surface area (Å²) in [6.07, 6.45) is 1.86. The summed E-state index contributed by atoms with van der Waals surface area (Å²) in [5.41, 5.74) is 5.64. The lowest BCUT2D eigenvalue weighted by atomic mass is 9.98. The molecule has 0 N–H and O–H groups in total. The summed E-state index contributed by atoms with van der Waals surface area (Å²) in [5.74, 6) is 0.916. The number of imidazole rings is 1. The highest BCUT2D eigenvalue weighted by atomic mass is 15.1. The van der Waals surface area contributed by atoms with Crippen LogP contribution in [0.5, 0.6) is 0 Å². The Kier molecular flexibility index (Phi) is 3.06. The first-order valence-electron chi connectivity index (χ1n) is 7.46. The monoisotopic (exact) mass is 298 g/mol. The van der Waals surface area contributed by atoms with Crippen LogP contribution in [0.15, 0.2) is 59.7 Å². The van der Waals surface area contributed by atoms with Crippen LogP contribution in [0, 0.1) is 18.3 Å². The zero-order valence-electron chi connectivity index (χ0n) is 12.7. The van der Waals surface area contributed by atoms with Crippen molar-refractivity contribution in [3.05, 3.63) is 82.9 Å². The molecular weight excluding hydrogens is 284 g/mol. The standard InChI is InChI=1S/C19H14N4/c1-13-11-21-18-12-22-19(15-5-3-2-4-6-15)16-9-14(10-20)7-8-17(16)23(13)18/h2-9,11H,12H2,1H3. The number of hydrogen-bond acceptors (Lipinski definition) is 3. The number of nitrogens with zero attached hydrogens (tertiary/aromatic N) is 4. The summed E-state index contributed by atoms with van der Waals surface area (Å²) in [6.45, 7) is 2.56. The first-order valence-corrected chi connectivity index (χ1v) is 7.46. The van der Waals surface area contributed by atoms with Gasteiger partial charge < -0.3 is 0 Å². The zero-order chi connectivity index (χ0) is 15.8. The second-order valence-corrected chi connectivity index (χ2v) is 5.53. The minimum atomic E-state index is 0.522. The van der Waals surface area contributed by atoms with Crippen LogP contribution in [0.4, 0.5) is 0 Å². The SMILES string of the molecule is Cc1cnc2n1-c1ccc(C#N)cc1C(c1ccccc1)=NC2. The fourth-order valence-corrected chi connectivity index (χ4v) is 3.00. The van der Waals surface area contributed by atoms with E-state index in [1.807, 2.05) is 61.7 Å². The van der Waals surface area contributed by atoms with E-state index in [9.17, 15) is 5.26 Å². The molecule has 0 amide bonds. The fraction of sp³-hybridized carbons (Fsp3) is 0.105. The van der Waals surface area contributed by atoms with Crippen molar-refractivity contribution in [2.24, 2.45) is 4.99 Å². The van der Waals surface area contributed by atoms with E-state index in [0.717, 1.165) is 34.0 Å². The van der Waals surface area contributed by atoms with Crippen LogP contribution in [0.3, 0.4) is 0 Å². The Labute approximate surface area is 134 Å². The van der Waals surface area contributed by atoms with Crippen LogP contribution >= 0.6 is 0 Å². The topological polar surface area (TPSA) is 54.0 Å². The number of rotatable bonds is 1. The molecular formula is C19H14N4. The molecule has 2 heterocycles. The van der Waals surface area contributed by atoms with Gasteiger partial charge in [-0.25, -0.2) is 4.98 Å². The number of nitriles is 1. The van der Waals surface area contributed by atoms with Gasteiger partial charge in [0.1, 0.15) is 5.82 Å². The molecule has 0 atom stereocenters. The van der Waals surface area contributed by atoms with Gasteiger partial charge in [-0.05, 0) is 25.1 Å². The van der Waals surface area contributed by atoms with E-state index in [4.69, 9.17) is 4.99 Å². The minimum absolute atomic E-state index is 0.522. The fourth-order valence-electron chi connectivity index (χ4n) is 3.00. The van der Waals surface area contributed by atoms with Crippen LogP contribution in [-0.4, -0.2) is 15.3 Å². The molecule has 0 radical (unpaired) electrons. The van der Waals surface area contributed by atoms with Gasteiger partial charge in [0, 0.05) is 23.0 Å². The number of aromatic nitrogens is 2. The van der Waals surface area contributed by atoms with Crippen LogP contribution in [0.2, 0.25) is 0 Å². The van der Waals surface area contributed by atoms with Crippen molar-refractivity contribution in [2.75, 3.05) is 0 Å². The summed E-state index contributed by atoms with van der Waals surface area (Å²) in [7, 11) is 0. The van der Waals surface area contributed by atoms with Crippen molar-refractivity contribution >= 4 is 5.71 Å². The van der Waals surface area contributed by atoms with Gasteiger partial charge >= 0.3 is 0 Å². The number of hydrogen-bond donors (Lipinski definition) is 0. The summed E-state index contributed by atoms with van der Waals surface area (Å²) in [6, 6.07) is 18.0. The van der Waals surface area contributed by atoms with E-state index >= 15 is 0 Å². The molecule has 0 aliphatic carbocycles. The highest BCUT2D eigenvalue weighted by Crippen LogP contribution is 2.27. The molecule has 1 aliphatic heterocycles. The van der Waals surface area contributed by atoms with E-state index in [2.05, 4.69) is 15.6 Å². The van der Waals surface area contributed by atoms with Gasteiger partial charge in [0.25, 0.3) is 0 Å². The Bertz CT molecular complexity index is 959. The van der Waals surface area contributed by atoms with Gasteiger partial charge in [0.05, 0.1) is 29.6 Å². The van der Waals surface area contributed by atoms with Gasteiger partial charge in [-0.1, -0.05) is 30.3 Å². The first kappa shape index (κ1) is 13.5. The average molecular weight is 298 g/mol. The molecule has 2 aromatic carbocycles. The van der Waals surface area contributed by atoms with Crippen LogP contribution in [-0.2, 0) is 6.54 Å². The molecule has 4 nitrogen and oxygen atoms in total. The van der Waals surface area contributed by atoms with Crippen molar-refractivity contribution in [3.8, 4) is 11.8 Å². The molecule has 4 rings (SSSR count). The molecule has 4 heteroatoms. The van der Waals surface area contributed by atoms with Crippen molar-refractivity contribution in [1.29, 1.82) is 5.26 Å². The van der Waals surface area contributed by atoms with Crippen molar-refractivity contribution in [3.63, 3.8) is 0 Å². The number of aliphatic imine (C=N–C) groups is 1. The molecule has 0 bridgehead atoms. The molecule has 0 unspecified atom stereocenters. The van der Waals surface area contributed by atoms with Gasteiger partial charge in [-0.3, -0.25) is 9.56 Å². The molecule has 1 aliphatic rings. The molecule has 23 heavy (non-hydrogen) atoms. The quantitative estimate of drug-likeness (QED) is 0.691. The molecule has 3 aromatic rings. The van der Waals surface area contributed by atoms with E-state index in [1.54, 1.807) is 0 Å². The minimum Gasteiger partial charge on any atom is -0.299 e. The third-order valence-electron chi connectivity index (χ3n) is 4.06. The van der Waals surface area contributed by atoms with E-state index < -0.39 is 0 Å². The Hall–Kier alpha value is -3.19. The Balaban J connectivity index is 2.02. The highest BCUT2D eigenvalue weighted by molar-refractivity contribution is 6.15. The van der Waals surface area contributed by atoms with E-state index in [0.29, 0.717) is 12.1 Å². The predicted octanol–water partition coefficient (Wildman–Crippen LogP) is 3.40. The van der Waals surface area contributed by atoms with Gasteiger partial charge in [-0.15, -0.1) is 0 Å². The molecule has 1 aromatic heterocycles.